The fraction of sp³-hybridized carbons (Fsp3) is 0.500. The van der Waals surface area contributed by atoms with E-state index in [0.29, 0.717) is 12.0 Å². The summed E-state index contributed by atoms with van der Waals surface area (Å²) < 4.78 is 0. The van der Waals surface area contributed by atoms with E-state index in [-0.39, 0.29) is 5.91 Å². The fourth-order valence-corrected chi connectivity index (χ4v) is 1.84. The number of hydrogen-bond donors (Lipinski definition) is 1. The SMILES string of the molecule is CC(C)c1ccc(C(=O)NC2CCC2)cc1. The second kappa shape index (κ2) is 4.69. The average Bonchev–Trinajstić information content (AvgIpc) is 2.23. The van der Waals surface area contributed by atoms with Gasteiger partial charge in [0.15, 0.2) is 0 Å². The van der Waals surface area contributed by atoms with Crippen molar-refractivity contribution in [2.45, 2.75) is 45.1 Å². The van der Waals surface area contributed by atoms with Crippen LogP contribution >= 0.6 is 0 Å². The monoisotopic (exact) mass is 217 g/mol. The number of hydrogen-bond acceptors (Lipinski definition) is 1. The smallest absolute Gasteiger partial charge is 0.251 e. The molecule has 86 valence electrons. The summed E-state index contributed by atoms with van der Waals surface area (Å²) in [6, 6.07) is 8.34. The van der Waals surface area contributed by atoms with E-state index in [1.165, 1.54) is 12.0 Å². The molecule has 1 saturated carbocycles. The molecular formula is C14H19NO. The van der Waals surface area contributed by atoms with Crippen molar-refractivity contribution in [3.05, 3.63) is 35.4 Å². The van der Waals surface area contributed by atoms with Crippen molar-refractivity contribution < 1.29 is 4.79 Å². The van der Waals surface area contributed by atoms with Crippen molar-refractivity contribution in [3.63, 3.8) is 0 Å². The van der Waals surface area contributed by atoms with Crippen LogP contribution in [0, 0.1) is 0 Å². The van der Waals surface area contributed by atoms with Crippen LogP contribution in [0.5, 0.6) is 0 Å². The minimum absolute atomic E-state index is 0.0695. The van der Waals surface area contributed by atoms with E-state index in [9.17, 15) is 4.79 Å². The molecule has 0 heterocycles. The minimum atomic E-state index is 0.0695. The van der Waals surface area contributed by atoms with Gasteiger partial charge < -0.3 is 5.32 Å². The van der Waals surface area contributed by atoms with Crippen LogP contribution in [0.4, 0.5) is 0 Å². The van der Waals surface area contributed by atoms with Crippen LogP contribution in [-0.2, 0) is 0 Å². The third-order valence-electron chi connectivity index (χ3n) is 3.28. The van der Waals surface area contributed by atoms with Gasteiger partial charge in [0, 0.05) is 11.6 Å². The van der Waals surface area contributed by atoms with Crippen LogP contribution in [-0.4, -0.2) is 11.9 Å². The third kappa shape index (κ3) is 2.43. The molecule has 1 amide bonds. The van der Waals surface area contributed by atoms with E-state index in [2.05, 4.69) is 19.2 Å². The van der Waals surface area contributed by atoms with Crippen LogP contribution in [0.15, 0.2) is 24.3 Å². The molecular weight excluding hydrogens is 198 g/mol. The Balaban J connectivity index is 2.00. The number of benzene rings is 1. The van der Waals surface area contributed by atoms with Gasteiger partial charge in [-0.3, -0.25) is 4.79 Å². The summed E-state index contributed by atoms with van der Waals surface area (Å²) in [7, 11) is 0. The van der Waals surface area contributed by atoms with E-state index in [4.69, 9.17) is 0 Å². The van der Waals surface area contributed by atoms with E-state index in [1.807, 2.05) is 24.3 Å². The van der Waals surface area contributed by atoms with Gasteiger partial charge >= 0.3 is 0 Å². The van der Waals surface area contributed by atoms with Crippen LogP contribution in [0.25, 0.3) is 0 Å². The standard InChI is InChI=1S/C14H19NO/c1-10(2)11-6-8-12(9-7-11)14(16)15-13-4-3-5-13/h6-10,13H,3-5H2,1-2H3,(H,15,16). The maximum Gasteiger partial charge on any atom is 0.251 e. The molecule has 2 rings (SSSR count). The van der Waals surface area contributed by atoms with Crippen molar-refractivity contribution in [1.29, 1.82) is 0 Å². The Morgan fingerprint density at radius 3 is 2.31 bits per heavy atom. The van der Waals surface area contributed by atoms with Crippen LogP contribution in [0.1, 0.15) is 54.9 Å². The summed E-state index contributed by atoms with van der Waals surface area (Å²) in [6.45, 7) is 4.31. The molecule has 0 radical (unpaired) electrons. The van der Waals surface area contributed by atoms with Crippen molar-refractivity contribution in [2.24, 2.45) is 0 Å². The van der Waals surface area contributed by atoms with Gasteiger partial charge in [-0.15, -0.1) is 0 Å². The number of rotatable bonds is 3. The highest BCUT2D eigenvalue weighted by Crippen LogP contribution is 2.19. The van der Waals surface area contributed by atoms with E-state index in [0.717, 1.165) is 18.4 Å². The summed E-state index contributed by atoms with van der Waals surface area (Å²) in [5.41, 5.74) is 2.05. The molecule has 0 saturated heterocycles. The number of nitrogens with one attached hydrogen (secondary N) is 1. The molecule has 0 unspecified atom stereocenters. The van der Waals surface area contributed by atoms with Crippen molar-refractivity contribution in [2.75, 3.05) is 0 Å². The summed E-state index contributed by atoms with van der Waals surface area (Å²) in [5, 5.41) is 3.04. The highest BCUT2D eigenvalue weighted by atomic mass is 16.1. The lowest BCUT2D eigenvalue weighted by atomic mass is 9.93. The highest BCUT2D eigenvalue weighted by Gasteiger charge is 2.19. The normalized spacial score (nSPS) is 15.9. The zero-order valence-electron chi connectivity index (χ0n) is 9.99. The van der Waals surface area contributed by atoms with Crippen LogP contribution in [0.2, 0.25) is 0 Å². The van der Waals surface area contributed by atoms with Gasteiger partial charge in [-0.1, -0.05) is 26.0 Å². The Morgan fingerprint density at radius 2 is 1.88 bits per heavy atom. The van der Waals surface area contributed by atoms with Gasteiger partial charge in [-0.25, -0.2) is 0 Å². The zero-order valence-corrected chi connectivity index (χ0v) is 9.99. The quantitative estimate of drug-likeness (QED) is 0.828. The maximum atomic E-state index is 11.8. The third-order valence-corrected chi connectivity index (χ3v) is 3.28. The second-order valence-electron chi connectivity index (χ2n) is 4.88. The molecule has 1 aromatic carbocycles. The first-order valence-corrected chi connectivity index (χ1v) is 6.07. The van der Waals surface area contributed by atoms with Gasteiger partial charge in [0.05, 0.1) is 0 Å². The number of amides is 1. The predicted octanol–water partition coefficient (Wildman–Crippen LogP) is 3.09. The molecule has 1 fully saturated rings. The lowest BCUT2D eigenvalue weighted by Crippen LogP contribution is -2.39. The predicted molar refractivity (Wildman–Crippen MR) is 65.6 cm³/mol. The van der Waals surface area contributed by atoms with Gasteiger partial charge in [0.2, 0.25) is 0 Å². The molecule has 0 aliphatic heterocycles. The zero-order chi connectivity index (χ0) is 11.5. The summed E-state index contributed by atoms with van der Waals surface area (Å²) in [4.78, 5) is 11.8. The minimum Gasteiger partial charge on any atom is -0.349 e. The first-order chi connectivity index (χ1) is 7.66. The fourth-order valence-electron chi connectivity index (χ4n) is 1.84. The van der Waals surface area contributed by atoms with E-state index >= 15 is 0 Å². The Bertz CT molecular complexity index is 363. The summed E-state index contributed by atoms with van der Waals surface area (Å²) >= 11 is 0. The first-order valence-electron chi connectivity index (χ1n) is 6.07. The molecule has 1 aromatic rings. The lowest BCUT2D eigenvalue weighted by molar-refractivity contribution is 0.0917. The average molecular weight is 217 g/mol. The molecule has 16 heavy (non-hydrogen) atoms. The lowest BCUT2D eigenvalue weighted by Gasteiger charge is -2.26. The largest absolute Gasteiger partial charge is 0.349 e. The topological polar surface area (TPSA) is 29.1 Å². The van der Waals surface area contributed by atoms with Crippen molar-refractivity contribution in [1.82, 2.24) is 5.32 Å². The molecule has 0 atom stereocenters. The molecule has 1 aliphatic rings. The molecule has 1 N–H and O–H groups in total. The summed E-state index contributed by atoms with van der Waals surface area (Å²) in [6.07, 6.45) is 3.52. The van der Waals surface area contributed by atoms with Crippen LogP contribution < -0.4 is 5.32 Å². The molecule has 2 nitrogen and oxygen atoms in total. The second-order valence-corrected chi connectivity index (χ2v) is 4.88. The van der Waals surface area contributed by atoms with Crippen molar-refractivity contribution in [3.8, 4) is 0 Å². The highest BCUT2D eigenvalue weighted by molar-refractivity contribution is 5.94. The van der Waals surface area contributed by atoms with E-state index in [1.54, 1.807) is 0 Å². The van der Waals surface area contributed by atoms with E-state index < -0.39 is 0 Å². The Kier molecular flexibility index (Phi) is 3.28. The number of carbonyl (C=O) groups excluding carboxylic acids is 1. The first kappa shape index (κ1) is 11.2. The van der Waals surface area contributed by atoms with Gasteiger partial charge in [0.1, 0.15) is 0 Å². The molecule has 2 heteroatoms. The van der Waals surface area contributed by atoms with Crippen molar-refractivity contribution >= 4 is 5.91 Å². The Labute approximate surface area is 97.1 Å². The Hall–Kier alpha value is -1.31. The van der Waals surface area contributed by atoms with Gasteiger partial charge in [0.25, 0.3) is 5.91 Å². The number of carbonyl (C=O) groups is 1. The summed E-state index contributed by atoms with van der Waals surface area (Å²) in [5.74, 6) is 0.587. The molecule has 0 spiro atoms. The Morgan fingerprint density at radius 1 is 1.25 bits per heavy atom. The maximum absolute atomic E-state index is 11.8. The van der Waals surface area contributed by atoms with Gasteiger partial charge in [-0.05, 0) is 42.9 Å². The molecule has 0 bridgehead atoms. The molecule has 1 aliphatic carbocycles. The molecule has 0 aromatic heterocycles. The van der Waals surface area contributed by atoms with Crippen LogP contribution in [0.3, 0.4) is 0 Å². The van der Waals surface area contributed by atoms with Gasteiger partial charge in [-0.2, -0.15) is 0 Å².